The van der Waals surface area contributed by atoms with E-state index in [-0.39, 0.29) is 11.4 Å². The van der Waals surface area contributed by atoms with Crippen LogP contribution < -0.4 is 10.5 Å². The predicted molar refractivity (Wildman–Crippen MR) is 87.9 cm³/mol. The SMILES string of the molecule is Cn1cnc(-c2cc(OC3=CC=C(N)CC3(F)F)c3ccnn3c2)c1. The first-order valence-corrected chi connectivity index (χ1v) is 7.60. The Morgan fingerprint density at radius 1 is 1.28 bits per heavy atom. The van der Waals surface area contributed by atoms with Crippen LogP contribution in [0.5, 0.6) is 5.75 Å². The maximum Gasteiger partial charge on any atom is 0.310 e. The van der Waals surface area contributed by atoms with Crippen LogP contribution in [0.1, 0.15) is 6.42 Å². The normalized spacial score (nSPS) is 16.6. The number of nitrogens with zero attached hydrogens (tertiary/aromatic N) is 4. The lowest BCUT2D eigenvalue weighted by Gasteiger charge is -2.23. The molecular formula is C17H15F2N5O. The van der Waals surface area contributed by atoms with Crippen LogP contribution in [0.4, 0.5) is 8.78 Å². The molecule has 0 radical (unpaired) electrons. The fourth-order valence-corrected chi connectivity index (χ4v) is 2.71. The van der Waals surface area contributed by atoms with Crippen LogP contribution in [0.3, 0.4) is 0 Å². The van der Waals surface area contributed by atoms with Crippen molar-refractivity contribution in [2.24, 2.45) is 12.8 Å². The summed E-state index contributed by atoms with van der Waals surface area (Å²) in [5, 5.41) is 4.18. The van der Waals surface area contributed by atoms with Gasteiger partial charge >= 0.3 is 5.92 Å². The molecule has 0 aromatic carbocycles. The van der Waals surface area contributed by atoms with Gasteiger partial charge in [0.2, 0.25) is 0 Å². The number of halogens is 2. The number of pyridine rings is 1. The Morgan fingerprint density at radius 2 is 2.12 bits per heavy atom. The molecule has 0 saturated carbocycles. The lowest BCUT2D eigenvalue weighted by atomic mass is 10.1. The third kappa shape index (κ3) is 2.75. The fraction of sp³-hybridized carbons (Fsp3) is 0.176. The van der Waals surface area contributed by atoms with Gasteiger partial charge in [0.15, 0.2) is 11.5 Å². The number of fused-ring (bicyclic) bond motifs is 1. The van der Waals surface area contributed by atoms with Crippen molar-refractivity contribution in [2.75, 3.05) is 0 Å². The number of aromatic nitrogens is 4. The van der Waals surface area contributed by atoms with Crippen molar-refractivity contribution in [3.05, 3.63) is 60.7 Å². The van der Waals surface area contributed by atoms with Crippen molar-refractivity contribution in [3.8, 4) is 17.0 Å². The number of allylic oxidation sites excluding steroid dienone is 4. The summed E-state index contributed by atoms with van der Waals surface area (Å²) in [5.74, 6) is -3.32. The zero-order chi connectivity index (χ0) is 17.6. The topological polar surface area (TPSA) is 70.4 Å². The molecule has 0 saturated heterocycles. The molecule has 0 unspecified atom stereocenters. The van der Waals surface area contributed by atoms with Gasteiger partial charge in [-0.3, -0.25) is 0 Å². The maximum atomic E-state index is 14.2. The van der Waals surface area contributed by atoms with Gasteiger partial charge < -0.3 is 15.0 Å². The minimum atomic E-state index is -3.16. The maximum absolute atomic E-state index is 14.2. The van der Waals surface area contributed by atoms with Gasteiger partial charge in [-0.15, -0.1) is 0 Å². The molecule has 4 rings (SSSR count). The van der Waals surface area contributed by atoms with Gasteiger partial charge in [-0.1, -0.05) is 0 Å². The fourth-order valence-electron chi connectivity index (χ4n) is 2.71. The number of ether oxygens (including phenoxy) is 1. The summed E-state index contributed by atoms with van der Waals surface area (Å²) in [6.45, 7) is 0. The van der Waals surface area contributed by atoms with Crippen LogP contribution in [-0.2, 0) is 7.05 Å². The lowest BCUT2D eigenvalue weighted by molar-refractivity contribution is 0.00420. The number of imidazole rings is 1. The van der Waals surface area contributed by atoms with Crippen molar-refractivity contribution in [1.82, 2.24) is 19.2 Å². The van der Waals surface area contributed by atoms with E-state index in [0.29, 0.717) is 16.8 Å². The summed E-state index contributed by atoms with van der Waals surface area (Å²) in [4.78, 5) is 4.28. The second-order valence-corrected chi connectivity index (χ2v) is 5.93. The van der Waals surface area contributed by atoms with E-state index in [0.717, 1.165) is 0 Å². The van der Waals surface area contributed by atoms with Gasteiger partial charge in [-0.25, -0.2) is 9.50 Å². The smallest absolute Gasteiger partial charge is 0.310 e. The van der Waals surface area contributed by atoms with Crippen molar-refractivity contribution in [3.63, 3.8) is 0 Å². The quantitative estimate of drug-likeness (QED) is 0.794. The number of hydrogen-bond acceptors (Lipinski definition) is 4. The standard InChI is InChI=1S/C17H15F2N5O/c1-23-9-13(21-10-23)11-6-15(14-4-5-22-24(14)8-11)25-16-3-2-12(20)7-17(16,18)19/h2-6,8-10H,7,20H2,1H3. The largest absolute Gasteiger partial charge is 0.453 e. The molecule has 1 aliphatic carbocycles. The van der Waals surface area contributed by atoms with Crippen LogP contribution in [0.25, 0.3) is 16.8 Å². The molecule has 0 amide bonds. The highest BCUT2D eigenvalue weighted by atomic mass is 19.3. The average molecular weight is 343 g/mol. The second kappa shape index (κ2) is 5.44. The lowest BCUT2D eigenvalue weighted by Crippen LogP contribution is -2.28. The van der Waals surface area contributed by atoms with Gasteiger partial charge in [0.1, 0.15) is 5.52 Å². The average Bonchev–Trinajstić information content (AvgIpc) is 3.17. The first-order valence-electron chi connectivity index (χ1n) is 7.60. The number of rotatable bonds is 3. The highest BCUT2D eigenvalue weighted by molar-refractivity contribution is 5.69. The van der Waals surface area contributed by atoms with Gasteiger partial charge in [-0.2, -0.15) is 13.9 Å². The van der Waals surface area contributed by atoms with E-state index in [2.05, 4.69) is 10.1 Å². The van der Waals surface area contributed by atoms with Crippen LogP contribution in [0.2, 0.25) is 0 Å². The van der Waals surface area contributed by atoms with E-state index in [1.807, 2.05) is 13.2 Å². The number of aryl methyl sites for hydroxylation is 1. The third-order valence-electron chi connectivity index (χ3n) is 3.93. The molecule has 0 spiro atoms. The Bertz CT molecular complexity index is 1020. The molecule has 0 bridgehead atoms. The van der Waals surface area contributed by atoms with E-state index in [1.165, 1.54) is 12.2 Å². The Morgan fingerprint density at radius 3 is 2.84 bits per heavy atom. The van der Waals surface area contributed by atoms with Crippen molar-refractivity contribution in [1.29, 1.82) is 0 Å². The minimum Gasteiger partial charge on any atom is -0.453 e. The van der Waals surface area contributed by atoms with Gasteiger partial charge in [0.25, 0.3) is 0 Å². The van der Waals surface area contributed by atoms with Crippen molar-refractivity contribution < 1.29 is 13.5 Å². The number of nitrogens with two attached hydrogens (primary N) is 1. The molecule has 2 N–H and O–H groups in total. The third-order valence-corrected chi connectivity index (χ3v) is 3.93. The summed E-state index contributed by atoms with van der Waals surface area (Å²) < 4.78 is 37.4. The highest BCUT2D eigenvalue weighted by Gasteiger charge is 2.39. The summed E-state index contributed by atoms with van der Waals surface area (Å²) >= 11 is 0. The minimum absolute atomic E-state index is 0.120. The van der Waals surface area contributed by atoms with Gasteiger partial charge in [-0.05, 0) is 24.3 Å². The predicted octanol–water partition coefficient (Wildman–Crippen LogP) is 2.88. The molecule has 3 aromatic heterocycles. The van der Waals surface area contributed by atoms with Crippen LogP contribution in [-0.4, -0.2) is 25.1 Å². The number of hydrogen-bond donors (Lipinski definition) is 1. The Hall–Kier alpha value is -3.16. The summed E-state index contributed by atoms with van der Waals surface area (Å²) in [5.41, 5.74) is 7.60. The zero-order valence-electron chi connectivity index (χ0n) is 13.4. The van der Waals surface area contributed by atoms with E-state index < -0.39 is 18.1 Å². The molecule has 6 nitrogen and oxygen atoms in total. The van der Waals surface area contributed by atoms with Gasteiger partial charge in [0.05, 0.1) is 24.6 Å². The van der Waals surface area contributed by atoms with E-state index in [1.54, 1.807) is 39.9 Å². The molecule has 3 heterocycles. The highest BCUT2D eigenvalue weighted by Crippen LogP contribution is 2.37. The molecule has 0 atom stereocenters. The number of alkyl halides is 2. The molecule has 128 valence electrons. The zero-order valence-corrected chi connectivity index (χ0v) is 13.4. The first-order chi connectivity index (χ1) is 11.9. The Labute approximate surface area is 141 Å². The molecule has 25 heavy (non-hydrogen) atoms. The van der Waals surface area contributed by atoms with Gasteiger partial charge in [0, 0.05) is 30.7 Å². The van der Waals surface area contributed by atoms with Crippen LogP contribution in [0, 0.1) is 0 Å². The van der Waals surface area contributed by atoms with Crippen LogP contribution >= 0.6 is 0 Å². The molecule has 0 aliphatic heterocycles. The molecule has 8 heteroatoms. The van der Waals surface area contributed by atoms with Crippen molar-refractivity contribution >= 4 is 5.52 Å². The van der Waals surface area contributed by atoms with E-state index in [4.69, 9.17) is 10.5 Å². The second-order valence-electron chi connectivity index (χ2n) is 5.93. The molecule has 3 aromatic rings. The van der Waals surface area contributed by atoms with Crippen LogP contribution in [0.15, 0.2) is 60.7 Å². The first kappa shape index (κ1) is 15.4. The monoisotopic (exact) mass is 343 g/mol. The summed E-state index contributed by atoms with van der Waals surface area (Å²) in [6, 6.07) is 3.38. The van der Waals surface area contributed by atoms with E-state index in [9.17, 15) is 8.78 Å². The molecule has 1 aliphatic rings. The Kier molecular flexibility index (Phi) is 3.34. The summed E-state index contributed by atoms with van der Waals surface area (Å²) in [6.07, 6.45) is 8.92. The molecule has 0 fully saturated rings. The van der Waals surface area contributed by atoms with E-state index >= 15 is 0 Å². The Balaban J connectivity index is 1.80. The van der Waals surface area contributed by atoms with Crippen molar-refractivity contribution in [2.45, 2.75) is 12.3 Å². The summed E-state index contributed by atoms with van der Waals surface area (Å²) in [7, 11) is 1.85. The molecular weight excluding hydrogens is 328 g/mol.